The zero-order valence-electron chi connectivity index (χ0n) is 14.4. The van der Waals surface area contributed by atoms with Crippen LogP contribution in [0.3, 0.4) is 0 Å². The number of benzene rings is 1. The highest BCUT2D eigenvalue weighted by Crippen LogP contribution is 2.38. The fraction of sp³-hybridized carbons (Fsp3) is 0.235. The molecule has 1 aromatic heterocycles. The van der Waals surface area contributed by atoms with Gasteiger partial charge in [0, 0.05) is 5.56 Å². The Hall–Kier alpha value is -2.94. The van der Waals surface area contributed by atoms with Crippen LogP contribution >= 0.6 is 11.8 Å². The van der Waals surface area contributed by atoms with Crippen molar-refractivity contribution in [1.29, 1.82) is 0 Å². The first-order valence-corrected chi connectivity index (χ1v) is 8.39. The Morgan fingerprint density at radius 3 is 2.23 bits per heavy atom. The molecule has 9 heteroatoms. The van der Waals surface area contributed by atoms with Crippen molar-refractivity contribution in [3.8, 4) is 17.2 Å². The number of pyridine rings is 1. The summed E-state index contributed by atoms with van der Waals surface area (Å²) in [6.07, 6.45) is 1.46. The van der Waals surface area contributed by atoms with E-state index < -0.39 is 5.97 Å². The van der Waals surface area contributed by atoms with E-state index in [1.807, 2.05) is 0 Å². The molecule has 0 unspecified atom stereocenters. The first kappa shape index (κ1) is 19.4. The van der Waals surface area contributed by atoms with E-state index >= 15 is 0 Å². The highest BCUT2D eigenvalue weighted by Gasteiger charge is 2.17. The molecule has 1 aromatic carbocycles. The molecule has 26 heavy (non-hydrogen) atoms. The van der Waals surface area contributed by atoms with Gasteiger partial charge in [0.05, 0.1) is 44.0 Å². The van der Waals surface area contributed by atoms with Gasteiger partial charge in [-0.05, 0) is 24.3 Å². The van der Waals surface area contributed by atoms with Gasteiger partial charge in [0.1, 0.15) is 0 Å². The molecule has 8 nitrogen and oxygen atoms in total. The van der Waals surface area contributed by atoms with Crippen molar-refractivity contribution in [1.82, 2.24) is 4.98 Å². The van der Waals surface area contributed by atoms with Gasteiger partial charge < -0.3 is 24.6 Å². The number of aliphatic carboxylic acids is 1. The van der Waals surface area contributed by atoms with Crippen molar-refractivity contribution in [3.63, 3.8) is 0 Å². The molecule has 0 atom stereocenters. The van der Waals surface area contributed by atoms with Gasteiger partial charge in [-0.2, -0.15) is 0 Å². The van der Waals surface area contributed by atoms with E-state index in [0.29, 0.717) is 33.5 Å². The van der Waals surface area contributed by atoms with E-state index in [2.05, 4.69) is 10.3 Å². The topological polar surface area (TPSA) is 107 Å². The van der Waals surface area contributed by atoms with Crippen molar-refractivity contribution in [2.24, 2.45) is 0 Å². The quantitative estimate of drug-likeness (QED) is 0.675. The number of amides is 1. The van der Waals surface area contributed by atoms with Crippen molar-refractivity contribution in [2.75, 3.05) is 32.4 Å². The lowest BCUT2D eigenvalue weighted by Crippen LogP contribution is -2.13. The molecule has 138 valence electrons. The Morgan fingerprint density at radius 2 is 1.77 bits per heavy atom. The fourth-order valence-electron chi connectivity index (χ4n) is 2.09. The molecule has 2 rings (SSSR count). The fourth-order valence-corrected chi connectivity index (χ4v) is 2.65. The van der Waals surface area contributed by atoms with Crippen LogP contribution in [0.2, 0.25) is 0 Å². The van der Waals surface area contributed by atoms with Crippen LogP contribution in [0.5, 0.6) is 17.2 Å². The van der Waals surface area contributed by atoms with E-state index in [4.69, 9.17) is 19.3 Å². The summed E-state index contributed by atoms with van der Waals surface area (Å²) in [6.45, 7) is 0. The Morgan fingerprint density at radius 1 is 1.12 bits per heavy atom. The second-order valence-corrected chi connectivity index (χ2v) is 5.93. The van der Waals surface area contributed by atoms with E-state index in [1.165, 1.54) is 27.5 Å². The number of methoxy groups -OCH3 is 3. The summed E-state index contributed by atoms with van der Waals surface area (Å²) in [4.78, 5) is 27.1. The molecule has 2 N–H and O–H groups in total. The van der Waals surface area contributed by atoms with Crippen molar-refractivity contribution < 1.29 is 28.9 Å². The number of nitrogens with zero attached hydrogens (tertiary/aromatic N) is 1. The van der Waals surface area contributed by atoms with Crippen LogP contribution in [-0.2, 0) is 4.79 Å². The van der Waals surface area contributed by atoms with Gasteiger partial charge in [-0.1, -0.05) is 11.8 Å². The smallest absolute Gasteiger partial charge is 0.313 e. The predicted octanol–water partition coefficient (Wildman–Crippen LogP) is 2.54. The average Bonchev–Trinajstić information content (AvgIpc) is 2.65. The normalized spacial score (nSPS) is 10.1. The number of carboxylic acid groups (broad SMARTS) is 1. The van der Waals surface area contributed by atoms with E-state index in [1.54, 1.807) is 24.3 Å². The maximum absolute atomic E-state index is 12.5. The van der Waals surface area contributed by atoms with Crippen LogP contribution in [0.1, 0.15) is 10.4 Å². The van der Waals surface area contributed by atoms with Gasteiger partial charge in [-0.25, -0.2) is 4.98 Å². The molecule has 0 aliphatic heterocycles. The summed E-state index contributed by atoms with van der Waals surface area (Å²) in [6, 6.07) is 6.37. The molecular weight excluding hydrogens is 360 g/mol. The molecule has 0 radical (unpaired) electrons. The van der Waals surface area contributed by atoms with Crippen molar-refractivity contribution in [2.45, 2.75) is 5.03 Å². The third-order valence-corrected chi connectivity index (χ3v) is 4.19. The number of carbonyl (C=O) groups excluding carboxylic acids is 1. The molecule has 0 bridgehead atoms. The number of hydrogen-bond acceptors (Lipinski definition) is 7. The molecule has 1 amide bonds. The number of carbonyl (C=O) groups is 2. The molecule has 2 aromatic rings. The van der Waals surface area contributed by atoms with E-state index in [-0.39, 0.29) is 11.7 Å². The third-order valence-electron chi connectivity index (χ3n) is 3.26. The second-order valence-electron chi connectivity index (χ2n) is 4.94. The number of anilines is 1. The summed E-state index contributed by atoms with van der Waals surface area (Å²) in [5.41, 5.74) is 0.798. The lowest BCUT2D eigenvalue weighted by molar-refractivity contribution is -0.133. The molecule has 0 saturated heterocycles. The molecule has 1 heterocycles. The van der Waals surface area contributed by atoms with Crippen LogP contribution in [0.25, 0.3) is 0 Å². The van der Waals surface area contributed by atoms with Crippen LogP contribution in [-0.4, -0.2) is 49.0 Å². The molecule has 0 spiro atoms. The number of aromatic nitrogens is 1. The minimum atomic E-state index is -0.920. The van der Waals surface area contributed by atoms with Crippen molar-refractivity contribution in [3.05, 3.63) is 36.0 Å². The number of nitrogens with one attached hydrogen (secondary N) is 1. The standard InChI is InChI=1S/C17H18N2O6S/c1-23-12-6-10(7-13(24-2)16(12)25-3)17(22)19-11-4-5-14(18-8-11)26-9-15(20)21/h4-8H,9H2,1-3H3,(H,19,22)(H,20,21). The number of carboxylic acids is 1. The lowest BCUT2D eigenvalue weighted by Gasteiger charge is -2.14. The zero-order valence-corrected chi connectivity index (χ0v) is 15.3. The maximum Gasteiger partial charge on any atom is 0.313 e. The zero-order chi connectivity index (χ0) is 19.1. The monoisotopic (exact) mass is 378 g/mol. The summed E-state index contributed by atoms with van der Waals surface area (Å²) in [5, 5.41) is 11.9. The Labute approximate surface area is 154 Å². The van der Waals surface area contributed by atoms with Crippen LogP contribution < -0.4 is 19.5 Å². The largest absolute Gasteiger partial charge is 0.493 e. The van der Waals surface area contributed by atoms with Crippen molar-refractivity contribution >= 4 is 29.3 Å². The number of rotatable bonds is 8. The summed E-state index contributed by atoms with van der Waals surface area (Å²) < 4.78 is 15.7. The van der Waals surface area contributed by atoms with Crippen LogP contribution in [0.4, 0.5) is 5.69 Å². The van der Waals surface area contributed by atoms with E-state index in [0.717, 1.165) is 11.8 Å². The van der Waals surface area contributed by atoms with Gasteiger partial charge in [0.25, 0.3) is 5.91 Å². The highest BCUT2D eigenvalue weighted by molar-refractivity contribution is 7.99. The van der Waals surface area contributed by atoms with Gasteiger partial charge in [0.15, 0.2) is 11.5 Å². The van der Waals surface area contributed by atoms with Gasteiger partial charge in [-0.3, -0.25) is 9.59 Å². The molecule has 0 saturated carbocycles. The lowest BCUT2D eigenvalue weighted by atomic mass is 10.1. The van der Waals surface area contributed by atoms with Gasteiger partial charge in [-0.15, -0.1) is 0 Å². The number of thioether (sulfide) groups is 1. The summed E-state index contributed by atoms with van der Waals surface area (Å²) in [7, 11) is 4.42. The molecule has 0 aliphatic carbocycles. The maximum atomic E-state index is 12.5. The number of hydrogen-bond donors (Lipinski definition) is 2. The van der Waals surface area contributed by atoms with Gasteiger partial charge in [0.2, 0.25) is 5.75 Å². The molecule has 0 aliphatic rings. The van der Waals surface area contributed by atoms with Crippen LogP contribution in [0.15, 0.2) is 35.5 Å². The molecular formula is C17H18N2O6S. The third kappa shape index (κ3) is 4.79. The SMILES string of the molecule is COc1cc(C(=O)Nc2ccc(SCC(=O)O)nc2)cc(OC)c1OC. The summed E-state index contributed by atoms with van der Waals surface area (Å²) in [5.74, 6) is -0.239. The highest BCUT2D eigenvalue weighted by atomic mass is 32.2. The number of ether oxygens (including phenoxy) is 3. The average molecular weight is 378 g/mol. The first-order chi connectivity index (χ1) is 12.5. The minimum Gasteiger partial charge on any atom is -0.493 e. The Balaban J connectivity index is 2.15. The Bertz CT molecular complexity index is 769. The second kappa shape index (κ2) is 8.95. The minimum absolute atomic E-state index is 0.0792. The Kier molecular flexibility index (Phi) is 6.67. The summed E-state index contributed by atoms with van der Waals surface area (Å²) >= 11 is 1.10. The first-order valence-electron chi connectivity index (χ1n) is 7.40. The predicted molar refractivity (Wildman–Crippen MR) is 96.6 cm³/mol. The molecule has 0 fully saturated rings. The van der Waals surface area contributed by atoms with E-state index in [9.17, 15) is 9.59 Å². The van der Waals surface area contributed by atoms with Crippen LogP contribution in [0, 0.1) is 0 Å². The van der Waals surface area contributed by atoms with Gasteiger partial charge >= 0.3 is 5.97 Å².